The van der Waals surface area contributed by atoms with E-state index in [0.717, 1.165) is 49.1 Å². The van der Waals surface area contributed by atoms with Gasteiger partial charge in [0.1, 0.15) is 11.7 Å². The maximum Gasteiger partial charge on any atom is 0.279 e. The Balaban J connectivity index is 3.24. The molecule has 1 unspecified atom stereocenters. The van der Waals surface area contributed by atoms with Gasteiger partial charge in [-0.15, -0.1) is 70.6 Å². The largest absolute Gasteiger partial charge is 0.611 e. The Kier molecular flexibility index (Phi) is 34.3. The van der Waals surface area contributed by atoms with E-state index in [1.54, 1.807) is 5.55 Å². The molecule has 36 heavy (non-hydrogen) atoms. The van der Waals surface area contributed by atoms with Crippen molar-refractivity contribution in [2.24, 2.45) is 9.98 Å². The molecule has 0 aromatic carbocycles. The number of hydrogen-bond acceptors (Lipinski definition) is 15. The van der Waals surface area contributed by atoms with Crippen molar-refractivity contribution in [1.82, 2.24) is 5.32 Å². The van der Waals surface area contributed by atoms with E-state index in [1.807, 2.05) is 77.5 Å². The summed E-state index contributed by atoms with van der Waals surface area (Å²) >= 11 is 12.7. The summed E-state index contributed by atoms with van der Waals surface area (Å²) in [5.74, 6) is 5.47. The number of thioether (sulfide) groups is 8. The minimum absolute atomic E-state index is 0.00457. The second-order valence-electron chi connectivity index (χ2n) is 5.94. The smallest absolute Gasteiger partial charge is 0.279 e. The first-order valence-corrected chi connectivity index (χ1v) is 21.3. The van der Waals surface area contributed by atoms with Crippen LogP contribution in [0.5, 0.6) is 0 Å². The molecule has 0 aliphatic heterocycles. The SMILES string of the molecule is CC/N=C/[S+]([O-])CCSCSCSCCSC(=O)NCCSCSCSCC/N=C/OOCSCO. The average Bonchev–Trinajstić information content (AvgIpc) is 2.88. The van der Waals surface area contributed by atoms with E-state index in [-0.39, 0.29) is 17.1 Å². The molecular weight excluding hydrogens is 639 g/mol. The highest BCUT2D eigenvalue weighted by Crippen LogP contribution is 2.19. The molecule has 1 atom stereocenters. The summed E-state index contributed by atoms with van der Waals surface area (Å²) in [6, 6.07) is 0. The molecule has 0 aliphatic carbocycles. The standard InChI is InChI=1S/C19H37N3O5S9/c1-2-20-12-36(25)10-9-31-18-34-17-30-7-8-35-19(24)22-4-6-29-16-33-15-28-5-3-21-11-26-27-14-32-13-23/h11-12,23H,2-10,13-18H2,1H3,(H,22,24)/b20-12+,21-11+. The highest BCUT2D eigenvalue weighted by molar-refractivity contribution is 8.23. The van der Waals surface area contributed by atoms with Crippen LogP contribution in [0.4, 0.5) is 4.79 Å². The number of aliphatic imine (C=N–C) groups is 2. The third-order valence-corrected chi connectivity index (χ3v) is 13.3. The number of carbonyl (C=O) groups excluding carboxylic acids is 1. The van der Waals surface area contributed by atoms with Crippen molar-refractivity contribution in [2.75, 3.05) is 86.4 Å². The summed E-state index contributed by atoms with van der Waals surface area (Å²) in [5.41, 5.74) is 1.55. The summed E-state index contributed by atoms with van der Waals surface area (Å²) in [7, 11) is 0. The van der Waals surface area contributed by atoms with Gasteiger partial charge in [0.05, 0.1) is 12.5 Å². The molecule has 0 saturated carbocycles. The number of nitrogens with one attached hydrogen (secondary N) is 1. The fourth-order valence-corrected chi connectivity index (χ4v) is 10.7. The molecule has 0 spiro atoms. The predicted molar refractivity (Wildman–Crippen MR) is 177 cm³/mol. The summed E-state index contributed by atoms with van der Waals surface area (Å²) in [5, 5.41) is 15.6. The van der Waals surface area contributed by atoms with Crippen LogP contribution in [-0.2, 0) is 21.0 Å². The van der Waals surface area contributed by atoms with Gasteiger partial charge in [-0.05, 0) is 18.1 Å². The molecule has 17 heteroatoms. The maximum absolute atomic E-state index is 11.9. The van der Waals surface area contributed by atoms with Gasteiger partial charge in [-0.25, -0.2) is 4.99 Å². The van der Waals surface area contributed by atoms with E-state index in [0.29, 0.717) is 25.4 Å². The second kappa shape index (κ2) is 32.8. The predicted octanol–water partition coefficient (Wildman–Crippen LogP) is 5.07. The van der Waals surface area contributed by atoms with Crippen LogP contribution >= 0.6 is 94.1 Å². The zero-order chi connectivity index (χ0) is 26.4. The Hall–Kier alpha value is 1.64. The summed E-state index contributed by atoms with van der Waals surface area (Å²) in [6.07, 6.45) is 1.29. The van der Waals surface area contributed by atoms with Crippen LogP contribution in [0.1, 0.15) is 6.92 Å². The van der Waals surface area contributed by atoms with Crippen molar-refractivity contribution in [2.45, 2.75) is 6.92 Å². The van der Waals surface area contributed by atoms with Crippen LogP contribution in [0.25, 0.3) is 0 Å². The second-order valence-corrected chi connectivity index (χ2v) is 17.1. The molecule has 0 aromatic rings. The van der Waals surface area contributed by atoms with Gasteiger partial charge in [0.25, 0.3) is 5.24 Å². The first kappa shape index (κ1) is 37.6. The number of nitrogens with zero attached hydrogens (tertiary/aromatic N) is 2. The highest BCUT2D eigenvalue weighted by Gasteiger charge is 2.03. The first-order valence-electron chi connectivity index (χ1n) is 10.9. The van der Waals surface area contributed by atoms with Crippen LogP contribution < -0.4 is 5.32 Å². The summed E-state index contributed by atoms with van der Waals surface area (Å²) in [6.45, 7) is 4.00. The topological polar surface area (TPSA) is 116 Å². The molecule has 8 nitrogen and oxygen atoms in total. The molecule has 0 aromatic heterocycles. The number of rotatable bonds is 27. The molecule has 2 N–H and O–H groups in total. The van der Waals surface area contributed by atoms with Gasteiger partial charge in [-0.3, -0.25) is 9.79 Å². The zero-order valence-corrected chi connectivity index (χ0v) is 27.8. The van der Waals surface area contributed by atoms with E-state index in [1.165, 1.54) is 29.9 Å². The quantitative estimate of drug-likeness (QED) is 0.0230. The molecule has 0 bridgehead atoms. The average molecular weight is 676 g/mol. The number of aliphatic hydroxyl groups excluding tert-OH is 1. The molecule has 1 amide bonds. The Morgan fingerprint density at radius 3 is 2.36 bits per heavy atom. The van der Waals surface area contributed by atoms with Crippen molar-refractivity contribution in [1.29, 1.82) is 0 Å². The highest BCUT2D eigenvalue weighted by atomic mass is 32.2. The van der Waals surface area contributed by atoms with E-state index in [9.17, 15) is 9.35 Å². The van der Waals surface area contributed by atoms with Crippen molar-refractivity contribution in [3.05, 3.63) is 0 Å². The number of aliphatic hydroxyl groups is 1. The van der Waals surface area contributed by atoms with Crippen molar-refractivity contribution < 1.29 is 24.2 Å². The van der Waals surface area contributed by atoms with Crippen LogP contribution in [0.2, 0.25) is 0 Å². The molecule has 0 heterocycles. The van der Waals surface area contributed by atoms with Crippen LogP contribution in [0.3, 0.4) is 0 Å². The maximum atomic E-state index is 11.9. The molecule has 0 radical (unpaired) electrons. The van der Waals surface area contributed by atoms with Gasteiger partial charge < -0.3 is 19.9 Å². The van der Waals surface area contributed by atoms with E-state index in [4.69, 9.17) is 14.9 Å². The van der Waals surface area contributed by atoms with Crippen LogP contribution in [0, 0.1) is 0 Å². The summed E-state index contributed by atoms with van der Waals surface area (Å²) in [4.78, 5) is 29.4. The Labute approximate surface area is 253 Å². The first-order chi connectivity index (χ1) is 17.7. The lowest BCUT2D eigenvalue weighted by atomic mass is 10.8. The summed E-state index contributed by atoms with van der Waals surface area (Å²) < 4.78 is 11.6. The van der Waals surface area contributed by atoms with Gasteiger partial charge >= 0.3 is 0 Å². The van der Waals surface area contributed by atoms with Crippen LogP contribution in [-0.4, -0.2) is 113 Å². The minimum Gasteiger partial charge on any atom is -0.611 e. The van der Waals surface area contributed by atoms with E-state index < -0.39 is 11.2 Å². The number of amides is 1. The lowest BCUT2D eigenvalue weighted by Gasteiger charge is -2.06. The minimum atomic E-state index is -0.930. The third-order valence-electron chi connectivity index (χ3n) is 3.22. The molecule has 0 saturated heterocycles. The Bertz CT molecular complexity index is 543. The van der Waals surface area contributed by atoms with E-state index >= 15 is 0 Å². The normalized spacial score (nSPS) is 12.5. The molecule has 0 aliphatic rings. The fraction of sp³-hybridized carbons (Fsp3) is 0.842. The van der Waals surface area contributed by atoms with Gasteiger partial charge in [0, 0.05) is 62.2 Å². The molecule has 212 valence electrons. The molecular formula is C19H37N3O5S9. The Morgan fingerprint density at radius 1 is 0.944 bits per heavy atom. The van der Waals surface area contributed by atoms with Gasteiger partial charge in [-0.1, -0.05) is 11.8 Å². The number of carbonyl (C=O) groups is 1. The number of hydrogen-bond donors (Lipinski definition) is 2. The fourth-order valence-electron chi connectivity index (χ4n) is 1.69. The van der Waals surface area contributed by atoms with Gasteiger partial charge in [0.2, 0.25) is 11.9 Å². The van der Waals surface area contributed by atoms with Gasteiger partial charge in [-0.2, -0.15) is 16.6 Å². The van der Waals surface area contributed by atoms with Gasteiger partial charge in [0.15, 0.2) is 0 Å². The van der Waals surface area contributed by atoms with Crippen molar-refractivity contribution in [3.63, 3.8) is 0 Å². The van der Waals surface area contributed by atoms with E-state index in [2.05, 4.69) is 15.3 Å². The van der Waals surface area contributed by atoms with Crippen LogP contribution in [0.15, 0.2) is 9.98 Å². The molecule has 0 fully saturated rings. The lowest BCUT2D eigenvalue weighted by Crippen LogP contribution is -2.22. The monoisotopic (exact) mass is 675 g/mol. The van der Waals surface area contributed by atoms with Crippen molar-refractivity contribution >= 4 is 122 Å². The Morgan fingerprint density at radius 2 is 1.64 bits per heavy atom. The van der Waals surface area contributed by atoms with Crippen molar-refractivity contribution in [3.8, 4) is 0 Å². The third kappa shape index (κ3) is 31.9. The zero-order valence-electron chi connectivity index (χ0n) is 20.4. The molecule has 0 rings (SSSR count). The lowest BCUT2D eigenvalue weighted by molar-refractivity contribution is -0.196.